The number of amides is 1. The Bertz CT molecular complexity index is 1300. The van der Waals surface area contributed by atoms with Crippen molar-refractivity contribution in [3.63, 3.8) is 0 Å². The van der Waals surface area contributed by atoms with Crippen molar-refractivity contribution in [2.75, 3.05) is 0 Å². The second kappa shape index (κ2) is 10.3. The SMILES string of the molecule is CCCn1ccc(-c2cc(Oc3cccc(C(=O)NCc4cc(F)cc(F)c4)c3C)ccn2)c1. The van der Waals surface area contributed by atoms with E-state index in [2.05, 4.69) is 28.0 Å². The number of aromatic nitrogens is 2. The molecule has 2 aromatic carbocycles. The van der Waals surface area contributed by atoms with Gasteiger partial charge in [0.1, 0.15) is 23.1 Å². The number of aryl methyl sites for hydroxylation is 1. The molecule has 4 aromatic rings. The highest BCUT2D eigenvalue weighted by atomic mass is 19.1. The summed E-state index contributed by atoms with van der Waals surface area (Å²) in [5, 5.41) is 2.70. The molecule has 4 rings (SSSR count). The Morgan fingerprint density at radius 3 is 2.65 bits per heavy atom. The lowest BCUT2D eigenvalue weighted by atomic mass is 10.1. The van der Waals surface area contributed by atoms with E-state index in [0.717, 1.165) is 30.3 Å². The predicted octanol–water partition coefficient (Wildman–Crippen LogP) is 6.27. The van der Waals surface area contributed by atoms with E-state index in [0.29, 0.717) is 28.2 Å². The van der Waals surface area contributed by atoms with Crippen molar-refractivity contribution in [2.45, 2.75) is 33.4 Å². The second-order valence-corrected chi connectivity index (χ2v) is 8.01. The third kappa shape index (κ3) is 5.49. The molecule has 2 aromatic heterocycles. The average Bonchev–Trinajstić information content (AvgIpc) is 3.27. The highest BCUT2D eigenvalue weighted by molar-refractivity contribution is 5.96. The Kier molecular flexibility index (Phi) is 7.01. The first-order chi connectivity index (χ1) is 16.4. The first-order valence-corrected chi connectivity index (χ1v) is 11.1. The molecule has 0 radical (unpaired) electrons. The van der Waals surface area contributed by atoms with Gasteiger partial charge in [0.15, 0.2) is 0 Å². The van der Waals surface area contributed by atoms with Crippen LogP contribution in [0.1, 0.15) is 34.8 Å². The summed E-state index contributed by atoms with van der Waals surface area (Å²) in [6.07, 6.45) is 6.81. The maximum absolute atomic E-state index is 13.4. The monoisotopic (exact) mass is 461 g/mol. The van der Waals surface area contributed by atoms with Crippen molar-refractivity contribution in [2.24, 2.45) is 0 Å². The van der Waals surface area contributed by atoms with Crippen LogP contribution in [0.4, 0.5) is 8.78 Å². The van der Waals surface area contributed by atoms with Crippen molar-refractivity contribution < 1.29 is 18.3 Å². The van der Waals surface area contributed by atoms with Crippen LogP contribution >= 0.6 is 0 Å². The van der Waals surface area contributed by atoms with Gasteiger partial charge in [0.05, 0.1) is 5.69 Å². The Morgan fingerprint density at radius 1 is 1.09 bits per heavy atom. The molecule has 0 saturated carbocycles. The van der Waals surface area contributed by atoms with E-state index >= 15 is 0 Å². The summed E-state index contributed by atoms with van der Waals surface area (Å²) >= 11 is 0. The summed E-state index contributed by atoms with van der Waals surface area (Å²) in [6.45, 7) is 4.87. The van der Waals surface area contributed by atoms with Crippen molar-refractivity contribution in [1.82, 2.24) is 14.9 Å². The fourth-order valence-electron chi connectivity index (χ4n) is 3.71. The zero-order chi connectivity index (χ0) is 24.1. The molecule has 0 aliphatic carbocycles. The molecule has 34 heavy (non-hydrogen) atoms. The van der Waals surface area contributed by atoms with Crippen LogP contribution < -0.4 is 10.1 Å². The molecule has 0 aliphatic rings. The zero-order valence-electron chi connectivity index (χ0n) is 19.0. The number of nitrogens with one attached hydrogen (secondary N) is 1. The molecule has 0 fully saturated rings. The standard InChI is InChI=1S/C27H25F2N3O2/c1-3-10-32-11-8-20(17-32)25-15-23(7-9-30-25)34-26-6-4-5-24(18(26)2)27(33)31-16-19-12-21(28)14-22(29)13-19/h4-9,11-15,17H,3,10,16H2,1-2H3,(H,31,33). The lowest BCUT2D eigenvalue weighted by Crippen LogP contribution is -2.23. The van der Waals surface area contributed by atoms with Gasteiger partial charge >= 0.3 is 0 Å². The number of rotatable bonds is 8. The van der Waals surface area contributed by atoms with Crippen LogP contribution in [0, 0.1) is 18.6 Å². The van der Waals surface area contributed by atoms with E-state index in [4.69, 9.17) is 4.74 Å². The normalized spacial score (nSPS) is 10.8. The second-order valence-electron chi connectivity index (χ2n) is 8.01. The maximum Gasteiger partial charge on any atom is 0.251 e. The van der Waals surface area contributed by atoms with Crippen LogP contribution in [-0.2, 0) is 13.1 Å². The number of ether oxygens (including phenoxy) is 1. The van der Waals surface area contributed by atoms with Gasteiger partial charge in [0.2, 0.25) is 0 Å². The fourth-order valence-corrected chi connectivity index (χ4v) is 3.71. The van der Waals surface area contributed by atoms with Gasteiger partial charge in [-0.3, -0.25) is 9.78 Å². The van der Waals surface area contributed by atoms with Gasteiger partial charge in [0.25, 0.3) is 5.91 Å². The quantitative estimate of drug-likeness (QED) is 0.337. The number of pyridine rings is 1. The van der Waals surface area contributed by atoms with Gasteiger partial charge < -0.3 is 14.6 Å². The van der Waals surface area contributed by atoms with E-state index in [1.807, 2.05) is 18.3 Å². The van der Waals surface area contributed by atoms with E-state index in [1.54, 1.807) is 37.4 Å². The number of benzene rings is 2. The molecule has 0 atom stereocenters. The van der Waals surface area contributed by atoms with Gasteiger partial charge in [-0.1, -0.05) is 13.0 Å². The Hall–Kier alpha value is -4.00. The average molecular weight is 462 g/mol. The largest absolute Gasteiger partial charge is 0.457 e. The minimum absolute atomic E-state index is 0.00340. The molecule has 2 heterocycles. The molecule has 0 aliphatic heterocycles. The van der Waals surface area contributed by atoms with Gasteiger partial charge in [-0.05, 0) is 55.3 Å². The minimum atomic E-state index is -0.686. The number of carbonyl (C=O) groups excluding carboxylic acids is 1. The summed E-state index contributed by atoms with van der Waals surface area (Å²) < 4.78 is 35.0. The van der Waals surface area contributed by atoms with Crippen LogP contribution in [0.3, 0.4) is 0 Å². The molecule has 1 N–H and O–H groups in total. The Morgan fingerprint density at radius 2 is 1.88 bits per heavy atom. The predicted molar refractivity (Wildman–Crippen MR) is 127 cm³/mol. The fraction of sp³-hybridized carbons (Fsp3) is 0.185. The number of hydrogen-bond donors (Lipinski definition) is 1. The van der Waals surface area contributed by atoms with Crippen LogP contribution in [0.2, 0.25) is 0 Å². The highest BCUT2D eigenvalue weighted by Gasteiger charge is 2.14. The topological polar surface area (TPSA) is 56.1 Å². The van der Waals surface area contributed by atoms with Crippen molar-refractivity contribution in [3.8, 4) is 22.8 Å². The first kappa shape index (κ1) is 23.2. The summed E-state index contributed by atoms with van der Waals surface area (Å²) in [7, 11) is 0. The van der Waals surface area contributed by atoms with E-state index in [1.165, 1.54) is 12.1 Å². The van der Waals surface area contributed by atoms with Gasteiger partial charge in [-0.2, -0.15) is 0 Å². The van der Waals surface area contributed by atoms with E-state index in [-0.39, 0.29) is 12.5 Å². The molecule has 1 amide bonds. The van der Waals surface area contributed by atoms with Crippen LogP contribution in [0.25, 0.3) is 11.3 Å². The summed E-state index contributed by atoms with van der Waals surface area (Å²) in [4.78, 5) is 17.2. The van der Waals surface area contributed by atoms with Crippen LogP contribution in [-0.4, -0.2) is 15.5 Å². The summed E-state index contributed by atoms with van der Waals surface area (Å²) in [5.74, 6) is -0.599. The van der Waals surface area contributed by atoms with Crippen molar-refractivity contribution in [1.29, 1.82) is 0 Å². The van der Waals surface area contributed by atoms with Gasteiger partial charge in [-0.25, -0.2) is 8.78 Å². The van der Waals surface area contributed by atoms with Crippen LogP contribution in [0.15, 0.2) is 73.2 Å². The molecule has 174 valence electrons. The first-order valence-electron chi connectivity index (χ1n) is 11.1. The molecular formula is C27H25F2N3O2. The summed E-state index contributed by atoms with van der Waals surface area (Å²) in [6, 6.07) is 14.0. The lowest BCUT2D eigenvalue weighted by molar-refractivity contribution is 0.0950. The highest BCUT2D eigenvalue weighted by Crippen LogP contribution is 2.29. The zero-order valence-corrected chi connectivity index (χ0v) is 19.0. The van der Waals surface area contributed by atoms with Gasteiger partial charge in [-0.15, -0.1) is 0 Å². The Balaban J connectivity index is 1.49. The van der Waals surface area contributed by atoms with Crippen molar-refractivity contribution in [3.05, 3.63) is 102 Å². The van der Waals surface area contributed by atoms with E-state index < -0.39 is 11.6 Å². The third-order valence-electron chi connectivity index (χ3n) is 5.39. The third-order valence-corrected chi connectivity index (χ3v) is 5.39. The van der Waals surface area contributed by atoms with Gasteiger partial charge in [0, 0.05) is 60.5 Å². The number of carbonyl (C=O) groups is 1. The lowest BCUT2D eigenvalue weighted by Gasteiger charge is -2.13. The maximum atomic E-state index is 13.4. The molecule has 7 heteroatoms. The number of halogens is 2. The van der Waals surface area contributed by atoms with Crippen molar-refractivity contribution >= 4 is 5.91 Å². The minimum Gasteiger partial charge on any atom is -0.457 e. The molecular weight excluding hydrogens is 436 g/mol. The molecule has 0 unspecified atom stereocenters. The smallest absolute Gasteiger partial charge is 0.251 e. The molecule has 0 bridgehead atoms. The number of nitrogens with zero attached hydrogens (tertiary/aromatic N) is 2. The summed E-state index contributed by atoms with van der Waals surface area (Å²) in [5.41, 5.74) is 3.20. The number of hydrogen-bond acceptors (Lipinski definition) is 3. The molecule has 5 nitrogen and oxygen atoms in total. The van der Waals surface area contributed by atoms with E-state index in [9.17, 15) is 13.6 Å². The Labute approximate surface area is 197 Å². The molecule has 0 spiro atoms. The molecule has 0 saturated heterocycles. The van der Waals surface area contributed by atoms with Crippen LogP contribution in [0.5, 0.6) is 11.5 Å².